The van der Waals surface area contributed by atoms with Crippen LogP contribution < -0.4 is 5.32 Å². The zero-order valence-electron chi connectivity index (χ0n) is 9.28. The Labute approximate surface area is 90.6 Å². The summed E-state index contributed by atoms with van der Waals surface area (Å²) in [6.45, 7) is 1.99. The molecule has 0 aromatic rings. The summed E-state index contributed by atoms with van der Waals surface area (Å²) in [5.41, 5.74) is 0. The first-order valence-corrected chi connectivity index (χ1v) is 5.80. The van der Waals surface area contributed by atoms with Gasteiger partial charge in [0, 0.05) is 31.6 Å². The molecule has 0 spiro atoms. The molecule has 0 bridgehead atoms. The lowest BCUT2D eigenvalue weighted by molar-refractivity contribution is -0.138. The minimum Gasteiger partial charge on any atom is -0.481 e. The van der Waals surface area contributed by atoms with E-state index in [0.29, 0.717) is 24.4 Å². The van der Waals surface area contributed by atoms with Crippen molar-refractivity contribution in [1.29, 1.82) is 0 Å². The minimum absolute atomic E-state index is 0.313. The predicted octanol–water partition coefficient (Wildman–Crippen LogP) is 0.533. The lowest BCUT2D eigenvalue weighted by atomic mass is 9.92. The summed E-state index contributed by atoms with van der Waals surface area (Å²) in [5, 5.41) is 12.4. The van der Waals surface area contributed by atoms with E-state index in [1.54, 1.807) is 0 Å². The van der Waals surface area contributed by atoms with Crippen molar-refractivity contribution in [3.63, 3.8) is 0 Å². The fourth-order valence-corrected chi connectivity index (χ4v) is 2.54. The zero-order chi connectivity index (χ0) is 10.8. The summed E-state index contributed by atoms with van der Waals surface area (Å²) in [5.74, 6) is -0.349. The van der Waals surface area contributed by atoms with E-state index in [0.717, 1.165) is 19.5 Å². The number of hydrogen-bond donors (Lipinski definition) is 2. The molecule has 2 aliphatic rings. The molecule has 0 amide bonds. The Morgan fingerprint density at radius 1 is 1.40 bits per heavy atom. The number of carboxylic acid groups (broad SMARTS) is 1. The lowest BCUT2D eigenvalue weighted by Gasteiger charge is -2.35. The van der Waals surface area contributed by atoms with E-state index >= 15 is 0 Å². The van der Waals surface area contributed by atoms with Crippen molar-refractivity contribution in [2.75, 3.05) is 20.1 Å². The summed E-state index contributed by atoms with van der Waals surface area (Å²) < 4.78 is 0. The first-order chi connectivity index (χ1) is 7.13. The Morgan fingerprint density at radius 2 is 2.13 bits per heavy atom. The van der Waals surface area contributed by atoms with Crippen molar-refractivity contribution in [3.05, 3.63) is 0 Å². The van der Waals surface area contributed by atoms with E-state index in [4.69, 9.17) is 5.11 Å². The molecule has 1 saturated heterocycles. The number of carboxylic acids is 1. The smallest absolute Gasteiger partial charge is 0.303 e. The number of piperidine rings is 1. The summed E-state index contributed by atoms with van der Waals surface area (Å²) in [6.07, 6.45) is 3.92. The monoisotopic (exact) mass is 212 g/mol. The van der Waals surface area contributed by atoms with Crippen molar-refractivity contribution < 1.29 is 9.90 Å². The molecule has 15 heavy (non-hydrogen) atoms. The molecule has 4 nitrogen and oxygen atoms in total. The van der Waals surface area contributed by atoms with Crippen LogP contribution in [0.4, 0.5) is 0 Å². The van der Waals surface area contributed by atoms with Gasteiger partial charge >= 0.3 is 5.97 Å². The molecule has 2 atom stereocenters. The number of aliphatic carboxylic acids is 1. The summed E-state index contributed by atoms with van der Waals surface area (Å²) in [7, 11) is 2.08. The van der Waals surface area contributed by atoms with Gasteiger partial charge in [0.2, 0.25) is 0 Å². The van der Waals surface area contributed by atoms with Gasteiger partial charge in [-0.1, -0.05) is 0 Å². The average Bonchev–Trinajstić information content (AvgIpc) is 2.85. The van der Waals surface area contributed by atoms with Gasteiger partial charge < -0.3 is 15.3 Å². The van der Waals surface area contributed by atoms with Crippen LogP contribution in [0.5, 0.6) is 0 Å². The second-order valence-corrected chi connectivity index (χ2v) is 5.06. The van der Waals surface area contributed by atoms with Crippen LogP contribution in [0.25, 0.3) is 0 Å². The highest BCUT2D eigenvalue weighted by Gasteiger charge is 2.30. The Morgan fingerprint density at radius 3 is 2.73 bits per heavy atom. The fourth-order valence-electron chi connectivity index (χ4n) is 2.54. The number of nitrogens with one attached hydrogen (secondary N) is 1. The van der Waals surface area contributed by atoms with Crippen molar-refractivity contribution in [1.82, 2.24) is 10.2 Å². The maximum absolute atomic E-state index is 10.7. The van der Waals surface area contributed by atoms with Crippen molar-refractivity contribution in [3.8, 4) is 0 Å². The number of likely N-dealkylation sites (N-methyl/N-ethyl adjacent to an activating group) is 1. The quantitative estimate of drug-likeness (QED) is 0.714. The molecule has 4 heteroatoms. The van der Waals surface area contributed by atoms with E-state index in [1.807, 2.05) is 0 Å². The summed E-state index contributed by atoms with van der Waals surface area (Å²) in [6, 6.07) is 1.22. The standard InChI is InChI=1S/C11H20N2O2/c1-13-6-8(5-11(14)15)4-10(7-13)12-9-2-3-9/h8-10,12H,2-7H2,1H3,(H,14,15). The topological polar surface area (TPSA) is 52.6 Å². The van der Waals surface area contributed by atoms with Crippen LogP contribution in [0.3, 0.4) is 0 Å². The number of carbonyl (C=O) groups is 1. The molecule has 1 aliphatic carbocycles. The van der Waals surface area contributed by atoms with Crippen LogP contribution in [0.15, 0.2) is 0 Å². The number of hydrogen-bond acceptors (Lipinski definition) is 3. The van der Waals surface area contributed by atoms with Gasteiger partial charge in [0.15, 0.2) is 0 Å². The van der Waals surface area contributed by atoms with Crippen molar-refractivity contribution in [2.45, 2.75) is 37.8 Å². The van der Waals surface area contributed by atoms with Gasteiger partial charge in [-0.25, -0.2) is 0 Å². The third-order valence-electron chi connectivity index (χ3n) is 3.23. The van der Waals surface area contributed by atoms with Crippen molar-refractivity contribution in [2.24, 2.45) is 5.92 Å². The molecular formula is C11H20N2O2. The Bertz CT molecular complexity index is 239. The first-order valence-electron chi connectivity index (χ1n) is 5.80. The molecule has 2 rings (SSSR count). The van der Waals surface area contributed by atoms with Crippen LogP contribution in [0.1, 0.15) is 25.7 Å². The van der Waals surface area contributed by atoms with E-state index in [9.17, 15) is 4.79 Å². The van der Waals surface area contributed by atoms with Crippen molar-refractivity contribution >= 4 is 5.97 Å². The average molecular weight is 212 g/mol. The molecule has 0 radical (unpaired) electrons. The maximum Gasteiger partial charge on any atom is 0.303 e. The molecule has 2 N–H and O–H groups in total. The van der Waals surface area contributed by atoms with Crippen LogP contribution in [0.2, 0.25) is 0 Å². The summed E-state index contributed by atoms with van der Waals surface area (Å²) in [4.78, 5) is 12.9. The highest BCUT2D eigenvalue weighted by Crippen LogP contribution is 2.24. The van der Waals surface area contributed by atoms with Crippen LogP contribution in [-0.2, 0) is 4.79 Å². The van der Waals surface area contributed by atoms with Gasteiger partial charge in [-0.05, 0) is 32.2 Å². The van der Waals surface area contributed by atoms with E-state index < -0.39 is 5.97 Å². The van der Waals surface area contributed by atoms with Crippen LogP contribution >= 0.6 is 0 Å². The first kappa shape index (κ1) is 10.9. The van der Waals surface area contributed by atoms with Gasteiger partial charge in [-0.15, -0.1) is 0 Å². The van der Waals surface area contributed by atoms with Gasteiger partial charge in [0.25, 0.3) is 0 Å². The molecule has 1 aliphatic heterocycles. The van der Waals surface area contributed by atoms with E-state index in [-0.39, 0.29) is 0 Å². The van der Waals surface area contributed by atoms with Crippen LogP contribution in [-0.4, -0.2) is 48.2 Å². The Hall–Kier alpha value is -0.610. The number of rotatable bonds is 4. The second kappa shape index (κ2) is 4.49. The molecule has 1 heterocycles. The molecule has 0 aromatic carbocycles. The largest absolute Gasteiger partial charge is 0.481 e. The molecular weight excluding hydrogens is 192 g/mol. The fraction of sp³-hybridized carbons (Fsp3) is 0.909. The Kier molecular flexibility index (Phi) is 3.26. The molecule has 0 aromatic heterocycles. The highest BCUT2D eigenvalue weighted by atomic mass is 16.4. The summed E-state index contributed by atoms with van der Waals surface area (Å²) >= 11 is 0. The minimum atomic E-state index is -0.666. The number of nitrogens with zero attached hydrogens (tertiary/aromatic N) is 1. The predicted molar refractivity (Wildman–Crippen MR) is 57.8 cm³/mol. The Balaban J connectivity index is 1.82. The second-order valence-electron chi connectivity index (χ2n) is 5.06. The van der Waals surface area contributed by atoms with Crippen LogP contribution in [0, 0.1) is 5.92 Å². The third kappa shape index (κ3) is 3.47. The SMILES string of the molecule is CN1CC(CC(=O)O)CC(NC2CC2)C1. The maximum atomic E-state index is 10.7. The van der Waals surface area contributed by atoms with Gasteiger partial charge in [-0.2, -0.15) is 0 Å². The van der Waals surface area contributed by atoms with E-state index in [2.05, 4.69) is 17.3 Å². The highest BCUT2D eigenvalue weighted by molar-refractivity contribution is 5.67. The normalized spacial score (nSPS) is 32.9. The molecule has 1 saturated carbocycles. The number of likely N-dealkylation sites (tertiary alicyclic amines) is 1. The molecule has 2 unspecified atom stereocenters. The van der Waals surface area contributed by atoms with Gasteiger partial charge in [-0.3, -0.25) is 4.79 Å². The van der Waals surface area contributed by atoms with Gasteiger partial charge in [0.1, 0.15) is 0 Å². The van der Waals surface area contributed by atoms with Gasteiger partial charge in [0.05, 0.1) is 0 Å². The molecule has 2 fully saturated rings. The zero-order valence-corrected chi connectivity index (χ0v) is 9.28. The third-order valence-corrected chi connectivity index (χ3v) is 3.23. The molecule has 86 valence electrons. The van der Waals surface area contributed by atoms with E-state index in [1.165, 1.54) is 12.8 Å². The lowest BCUT2D eigenvalue weighted by Crippen LogP contribution is -2.48.